The van der Waals surface area contributed by atoms with Crippen molar-refractivity contribution in [2.45, 2.75) is 25.7 Å². The molecule has 3 heterocycles. The smallest absolute Gasteiger partial charge is 0.254 e. The Labute approximate surface area is 190 Å². The summed E-state index contributed by atoms with van der Waals surface area (Å²) in [6.07, 6.45) is 6.67. The van der Waals surface area contributed by atoms with Crippen molar-refractivity contribution in [1.29, 1.82) is 0 Å². The molecule has 1 fully saturated rings. The third-order valence-corrected chi connectivity index (χ3v) is 6.80. The summed E-state index contributed by atoms with van der Waals surface area (Å²) in [6, 6.07) is 13.7. The summed E-state index contributed by atoms with van der Waals surface area (Å²) in [4.78, 5) is 32.9. The van der Waals surface area contributed by atoms with Gasteiger partial charge in [-0.25, -0.2) is 4.98 Å². The van der Waals surface area contributed by atoms with Gasteiger partial charge in [0.15, 0.2) is 11.6 Å². The lowest BCUT2D eigenvalue weighted by atomic mass is 9.87. The molecule has 1 unspecified atom stereocenters. The van der Waals surface area contributed by atoms with Crippen LogP contribution >= 0.6 is 0 Å². The largest absolute Gasteiger partial charge is 0.338 e. The van der Waals surface area contributed by atoms with Crippen molar-refractivity contribution in [2.24, 2.45) is 5.92 Å². The molecule has 0 N–H and O–H groups in total. The van der Waals surface area contributed by atoms with Crippen molar-refractivity contribution < 1.29 is 9.59 Å². The number of piperidine rings is 1. The molecule has 6 rings (SSSR count). The first kappa shape index (κ1) is 19.7. The van der Waals surface area contributed by atoms with Gasteiger partial charge < -0.3 is 4.90 Å². The van der Waals surface area contributed by atoms with Gasteiger partial charge in [0.25, 0.3) is 5.91 Å². The summed E-state index contributed by atoms with van der Waals surface area (Å²) in [5, 5.41) is 13.4. The van der Waals surface area contributed by atoms with Crippen molar-refractivity contribution >= 4 is 22.5 Å². The van der Waals surface area contributed by atoms with Gasteiger partial charge in [0.05, 0.1) is 0 Å². The van der Waals surface area contributed by atoms with Crippen molar-refractivity contribution in [3.8, 4) is 5.82 Å². The summed E-state index contributed by atoms with van der Waals surface area (Å²) in [5.74, 6) is 0.294. The second-order valence-corrected chi connectivity index (χ2v) is 8.72. The second-order valence-electron chi connectivity index (χ2n) is 8.72. The molecule has 2 aromatic heterocycles. The van der Waals surface area contributed by atoms with Crippen LogP contribution in [0.15, 0.2) is 55.0 Å². The minimum absolute atomic E-state index is 0.107. The lowest BCUT2D eigenvalue weighted by Gasteiger charge is -2.32. The van der Waals surface area contributed by atoms with Gasteiger partial charge >= 0.3 is 0 Å². The van der Waals surface area contributed by atoms with Crippen LogP contribution in [0.5, 0.6) is 0 Å². The van der Waals surface area contributed by atoms with Crippen LogP contribution in [0.4, 0.5) is 0 Å². The third-order valence-electron chi connectivity index (χ3n) is 6.80. The molecule has 1 atom stereocenters. The van der Waals surface area contributed by atoms with Gasteiger partial charge in [0.2, 0.25) is 0 Å². The Hall–Kier alpha value is -3.94. The molecule has 164 valence electrons. The number of rotatable bonds is 4. The molecule has 0 radical (unpaired) electrons. The summed E-state index contributed by atoms with van der Waals surface area (Å²) in [7, 11) is 0. The van der Waals surface area contributed by atoms with E-state index in [0.29, 0.717) is 24.5 Å². The maximum atomic E-state index is 13.6. The zero-order chi connectivity index (χ0) is 22.4. The molecule has 0 spiro atoms. The Morgan fingerprint density at radius 3 is 2.76 bits per heavy atom. The number of benzene rings is 2. The Kier molecular flexibility index (Phi) is 4.71. The highest BCUT2D eigenvalue weighted by molar-refractivity contribution is 6.11. The first-order chi connectivity index (χ1) is 16.2. The topological polar surface area (TPSA) is 93.9 Å². The highest BCUT2D eigenvalue weighted by atomic mass is 16.2. The molecule has 0 bridgehead atoms. The summed E-state index contributed by atoms with van der Waals surface area (Å²) in [5.41, 5.74) is 3.94. The van der Waals surface area contributed by atoms with E-state index in [9.17, 15) is 9.59 Å². The van der Waals surface area contributed by atoms with E-state index in [4.69, 9.17) is 0 Å². The number of hydrogen-bond acceptors (Lipinski definition) is 6. The predicted molar refractivity (Wildman–Crippen MR) is 121 cm³/mol. The lowest BCUT2D eigenvalue weighted by molar-refractivity contribution is 0.0637. The first-order valence-electron chi connectivity index (χ1n) is 11.3. The summed E-state index contributed by atoms with van der Waals surface area (Å²) in [6.45, 7) is 1.05. The average molecular weight is 438 g/mol. The van der Waals surface area contributed by atoms with Crippen LogP contribution < -0.4 is 0 Å². The molecule has 8 heteroatoms. The molecule has 2 aliphatic rings. The number of carbonyl (C=O) groups is 2. The van der Waals surface area contributed by atoms with Gasteiger partial charge in [-0.2, -0.15) is 4.68 Å². The number of aryl methyl sites for hydroxylation is 2. The fraction of sp³-hybridized carbons (Fsp3) is 0.280. The minimum Gasteiger partial charge on any atom is -0.338 e. The molecular weight excluding hydrogens is 416 g/mol. The standard InChI is InChI=1S/C25H22N6O2/c32-24(21-9-8-17-7-6-16-3-1-5-20(21)23(16)17)19-4-2-12-30(14-19)25(33)18-10-11-26-22(13-18)31-15-27-28-29-31/h1,3,5,8-11,13,15,19H,2,4,6-7,12,14H2. The second kappa shape index (κ2) is 7.88. The van der Waals surface area contributed by atoms with E-state index in [2.05, 4.69) is 38.7 Å². The van der Waals surface area contributed by atoms with Crippen LogP contribution in [-0.4, -0.2) is 54.9 Å². The van der Waals surface area contributed by atoms with E-state index in [1.807, 2.05) is 12.1 Å². The average Bonchev–Trinajstić information content (AvgIpc) is 3.55. The number of tetrazole rings is 1. The zero-order valence-electron chi connectivity index (χ0n) is 18.0. The minimum atomic E-state index is -0.206. The number of hydrogen-bond donors (Lipinski definition) is 0. The van der Waals surface area contributed by atoms with Crippen LogP contribution in [0.3, 0.4) is 0 Å². The molecule has 0 saturated carbocycles. The van der Waals surface area contributed by atoms with E-state index in [1.165, 1.54) is 27.5 Å². The highest BCUT2D eigenvalue weighted by Gasteiger charge is 2.31. The quantitative estimate of drug-likeness (QED) is 0.455. The maximum absolute atomic E-state index is 13.6. The normalized spacial score (nSPS) is 17.5. The number of amides is 1. The Morgan fingerprint density at radius 2 is 1.91 bits per heavy atom. The number of likely N-dealkylation sites (tertiary alicyclic amines) is 1. The van der Waals surface area contributed by atoms with Crippen molar-refractivity contribution in [1.82, 2.24) is 30.1 Å². The van der Waals surface area contributed by atoms with Gasteiger partial charge in [-0.3, -0.25) is 9.59 Å². The van der Waals surface area contributed by atoms with Crippen LogP contribution in [0.25, 0.3) is 16.6 Å². The van der Waals surface area contributed by atoms with Gasteiger partial charge in [0.1, 0.15) is 6.33 Å². The SMILES string of the molecule is O=C(c1ccc2c3c(cccc13)CC2)C1CCCN(C(=O)c2ccnc(-n3cnnn3)c2)C1. The highest BCUT2D eigenvalue weighted by Crippen LogP contribution is 2.34. The van der Waals surface area contributed by atoms with E-state index in [1.54, 1.807) is 23.2 Å². The Balaban J connectivity index is 1.26. The number of Topliss-reactive ketones (excluding diaryl/α,β-unsaturated/α-hetero) is 1. The van der Waals surface area contributed by atoms with Gasteiger partial charge in [-0.1, -0.05) is 30.3 Å². The Bertz CT molecular complexity index is 1370. The summed E-state index contributed by atoms with van der Waals surface area (Å²) < 4.78 is 1.41. The fourth-order valence-electron chi connectivity index (χ4n) is 5.18. The third kappa shape index (κ3) is 3.38. The van der Waals surface area contributed by atoms with E-state index >= 15 is 0 Å². The van der Waals surface area contributed by atoms with Crippen LogP contribution in [0.2, 0.25) is 0 Å². The number of carbonyl (C=O) groups excluding carboxylic acids is 2. The molecule has 2 aromatic carbocycles. The van der Waals surface area contributed by atoms with Crippen molar-refractivity contribution in [3.05, 3.63) is 77.2 Å². The van der Waals surface area contributed by atoms with Gasteiger partial charge in [0, 0.05) is 36.3 Å². The molecule has 1 saturated heterocycles. The lowest BCUT2D eigenvalue weighted by Crippen LogP contribution is -2.42. The van der Waals surface area contributed by atoms with Gasteiger partial charge in [-0.15, -0.1) is 5.10 Å². The van der Waals surface area contributed by atoms with Crippen LogP contribution in [0.1, 0.15) is 44.7 Å². The maximum Gasteiger partial charge on any atom is 0.254 e. The molecule has 8 nitrogen and oxygen atoms in total. The molecule has 1 aliphatic heterocycles. The predicted octanol–water partition coefficient (Wildman–Crippen LogP) is 3.04. The van der Waals surface area contributed by atoms with Crippen LogP contribution in [-0.2, 0) is 12.8 Å². The van der Waals surface area contributed by atoms with Crippen molar-refractivity contribution in [3.63, 3.8) is 0 Å². The molecular formula is C25H22N6O2. The number of aromatic nitrogens is 5. The molecule has 1 amide bonds. The summed E-state index contributed by atoms with van der Waals surface area (Å²) >= 11 is 0. The monoisotopic (exact) mass is 438 g/mol. The molecule has 33 heavy (non-hydrogen) atoms. The molecule has 4 aromatic rings. The number of pyridine rings is 1. The zero-order valence-corrected chi connectivity index (χ0v) is 18.0. The van der Waals surface area contributed by atoms with E-state index in [0.717, 1.165) is 36.6 Å². The number of ketones is 1. The Morgan fingerprint density at radius 1 is 1.03 bits per heavy atom. The first-order valence-corrected chi connectivity index (χ1v) is 11.3. The van der Waals surface area contributed by atoms with Gasteiger partial charge in [-0.05, 0) is 70.1 Å². The van der Waals surface area contributed by atoms with Crippen molar-refractivity contribution in [2.75, 3.05) is 13.1 Å². The van der Waals surface area contributed by atoms with Crippen LogP contribution in [0, 0.1) is 5.92 Å². The number of nitrogens with zero attached hydrogens (tertiary/aromatic N) is 6. The molecule has 1 aliphatic carbocycles. The van der Waals surface area contributed by atoms with E-state index < -0.39 is 0 Å². The fourth-order valence-corrected chi connectivity index (χ4v) is 5.18. The van der Waals surface area contributed by atoms with E-state index in [-0.39, 0.29) is 17.6 Å².